The quantitative estimate of drug-likeness (QED) is 0.871. The summed E-state index contributed by atoms with van der Waals surface area (Å²) in [5.41, 5.74) is 1.17. The minimum atomic E-state index is -0.124. The molecule has 2 rings (SSSR count). The minimum Gasteiger partial charge on any atom is -0.383 e. The SMILES string of the molecule is CCCC(COC)N1C(=O)C(C)NC1c1ccsc1. The molecule has 0 saturated carbocycles. The van der Waals surface area contributed by atoms with Gasteiger partial charge in [-0.3, -0.25) is 10.1 Å². The molecule has 1 fully saturated rings. The summed E-state index contributed by atoms with van der Waals surface area (Å²) in [6.45, 7) is 4.66. The lowest BCUT2D eigenvalue weighted by Crippen LogP contribution is -2.42. The minimum absolute atomic E-state index is 0.0135. The number of thiophene rings is 1. The summed E-state index contributed by atoms with van der Waals surface area (Å²) in [4.78, 5) is 14.4. The lowest BCUT2D eigenvalue weighted by atomic mass is 10.1. The molecule has 5 heteroatoms. The van der Waals surface area contributed by atoms with E-state index in [4.69, 9.17) is 4.74 Å². The van der Waals surface area contributed by atoms with E-state index in [-0.39, 0.29) is 24.2 Å². The van der Waals surface area contributed by atoms with E-state index in [9.17, 15) is 4.79 Å². The third-order valence-electron chi connectivity index (χ3n) is 3.54. The second-order valence-corrected chi connectivity index (χ2v) is 5.77. The second-order valence-electron chi connectivity index (χ2n) is 4.99. The van der Waals surface area contributed by atoms with Gasteiger partial charge in [-0.2, -0.15) is 11.3 Å². The Morgan fingerprint density at radius 2 is 2.37 bits per heavy atom. The van der Waals surface area contributed by atoms with E-state index in [0.29, 0.717) is 6.61 Å². The van der Waals surface area contributed by atoms with E-state index >= 15 is 0 Å². The number of hydrogen-bond acceptors (Lipinski definition) is 4. The lowest BCUT2D eigenvalue weighted by Gasteiger charge is -2.32. The topological polar surface area (TPSA) is 41.6 Å². The molecule has 0 radical (unpaired) electrons. The largest absolute Gasteiger partial charge is 0.383 e. The van der Waals surface area contributed by atoms with Crippen LogP contribution in [0.25, 0.3) is 0 Å². The molecule has 1 aromatic rings. The van der Waals surface area contributed by atoms with Crippen LogP contribution in [0.4, 0.5) is 0 Å². The molecule has 0 bridgehead atoms. The Labute approximate surface area is 118 Å². The summed E-state index contributed by atoms with van der Waals surface area (Å²) < 4.78 is 5.30. The van der Waals surface area contributed by atoms with Crippen molar-refractivity contribution in [3.63, 3.8) is 0 Å². The maximum absolute atomic E-state index is 12.4. The predicted octanol–water partition coefficient (Wildman–Crippen LogP) is 2.38. The Morgan fingerprint density at radius 3 is 2.95 bits per heavy atom. The standard InChI is InChI=1S/C14H22N2O2S/c1-4-5-12(8-18-3)16-13(11-6-7-19-9-11)15-10(2)14(16)17/h6-7,9-10,12-13,15H,4-5,8H2,1-3H3. The van der Waals surface area contributed by atoms with E-state index in [1.165, 1.54) is 5.56 Å². The zero-order valence-electron chi connectivity index (χ0n) is 11.8. The molecule has 0 aromatic carbocycles. The van der Waals surface area contributed by atoms with Crippen molar-refractivity contribution in [3.05, 3.63) is 22.4 Å². The van der Waals surface area contributed by atoms with Gasteiger partial charge in [0.2, 0.25) is 5.91 Å². The number of amides is 1. The molecular weight excluding hydrogens is 260 g/mol. The number of ether oxygens (including phenoxy) is 1. The highest BCUT2D eigenvalue weighted by Crippen LogP contribution is 2.30. The number of hydrogen-bond donors (Lipinski definition) is 1. The van der Waals surface area contributed by atoms with Gasteiger partial charge < -0.3 is 9.64 Å². The van der Waals surface area contributed by atoms with Crippen molar-refractivity contribution in [2.24, 2.45) is 0 Å². The highest BCUT2D eigenvalue weighted by molar-refractivity contribution is 7.07. The molecule has 106 valence electrons. The van der Waals surface area contributed by atoms with Crippen LogP contribution >= 0.6 is 11.3 Å². The number of rotatable bonds is 6. The molecule has 1 saturated heterocycles. The lowest BCUT2D eigenvalue weighted by molar-refractivity contribution is -0.133. The smallest absolute Gasteiger partial charge is 0.241 e. The van der Waals surface area contributed by atoms with Crippen LogP contribution in [0.15, 0.2) is 16.8 Å². The Kier molecular flexibility index (Phi) is 4.96. The van der Waals surface area contributed by atoms with Crippen molar-refractivity contribution in [1.82, 2.24) is 10.2 Å². The Balaban J connectivity index is 2.24. The molecule has 1 aliphatic heterocycles. The number of carbonyl (C=O) groups is 1. The van der Waals surface area contributed by atoms with Crippen molar-refractivity contribution in [1.29, 1.82) is 0 Å². The fourth-order valence-corrected chi connectivity index (χ4v) is 3.32. The molecule has 0 aliphatic carbocycles. The van der Waals surface area contributed by atoms with Gasteiger partial charge in [-0.25, -0.2) is 0 Å². The van der Waals surface area contributed by atoms with Crippen LogP contribution in [0.3, 0.4) is 0 Å². The van der Waals surface area contributed by atoms with Crippen LogP contribution in [0.2, 0.25) is 0 Å². The van der Waals surface area contributed by atoms with E-state index in [1.807, 2.05) is 17.2 Å². The summed E-state index contributed by atoms with van der Waals surface area (Å²) in [5.74, 6) is 0.173. The van der Waals surface area contributed by atoms with Gasteiger partial charge in [-0.15, -0.1) is 0 Å². The zero-order valence-corrected chi connectivity index (χ0v) is 12.6. The van der Waals surface area contributed by atoms with E-state index in [1.54, 1.807) is 18.4 Å². The van der Waals surface area contributed by atoms with E-state index in [2.05, 4.69) is 23.7 Å². The number of nitrogens with zero attached hydrogens (tertiary/aromatic N) is 1. The highest BCUT2D eigenvalue weighted by Gasteiger charge is 2.40. The van der Waals surface area contributed by atoms with Gasteiger partial charge in [0.25, 0.3) is 0 Å². The van der Waals surface area contributed by atoms with Gasteiger partial charge in [-0.05, 0) is 35.7 Å². The molecule has 19 heavy (non-hydrogen) atoms. The van der Waals surface area contributed by atoms with Crippen LogP contribution in [0.1, 0.15) is 38.4 Å². The Hall–Kier alpha value is -0.910. The fourth-order valence-electron chi connectivity index (χ4n) is 2.65. The van der Waals surface area contributed by atoms with E-state index < -0.39 is 0 Å². The van der Waals surface area contributed by atoms with Crippen LogP contribution < -0.4 is 5.32 Å². The molecule has 1 aliphatic rings. The molecule has 1 aromatic heterocycles. The van der Waals surface area contributed by atoms with Gasteiger partial charge in [0.1, 0.15) is 6.17 Å². The summed E-state index contributed by atoms with van der Waals surface area (Å²) in [7, 11) is 1.69. The van der Waals surface area contributed by atoms with Crippen LogP contribution in [-0.4, -0.2) is 36.6 Å². The third-order valence-corrected chi connectivity index (χ3v) is 4.25. The van der Waals surface area contributed by atoms with Gasteiger partial charge in [0.15, 0.2) is 0 Å². The molecule has 3 atom stereocenters. The third kappa shape index (κ3) is 2.99. The van der Waals surface area contributed by atoms with Gasteiger partial charge in [-0.1, -0.05) is 13.3 Å². The second kappa shape index (κ2) is 6.50. The molecule has 3 unspecified atom stereocenters. The molecule has 0 spiro atoms. The number of methoxy groups -OCH3 is 1. The summed E-state index contributed by atoms with van der Waals surface area (Å²) in [6.07, 6.45) is 2.00. The average Bonchev–Trinajstić information content (AvgIpc) is 2.99. The first-order valence-electron chi connectivity index (χ1n) is 6.78. The first-order valence-corrected chi connectivity index (χ1v) is 7.72. The Morgan fingerprint density at radius 1 is 1.58 bits per heavy atom. The fraction of sp³-hybridized carbons (Fsp3) is 0.643. The maximum Gasteiger partial charge on any atom is 0.241 e. The normalized spacial score (nSPS) is 25.0. The van der Waals surface area contributed by atoms with Crippen molar-refractivity contribution in [3.8, 4) is 0 Å². The first-order chi connectivity index (χ1) is 9.19. The van der Waals surface area contributed by atoms with Gasteiger partial charge in [0, 0.05) is 7.11 Å². The summed E-state index contributed by atoms with van der Waals surface area (Å²) in [5, 5.41) is 7.53. The summed E-state index contributed by atoms with van der Waals surface area (Å²) >= 11 is 1.66. The van der Waals surface area contributed by atoms with Crippen molar-refractivity contribution >= 4 is 17.2 Å². The van der Waals surface area contributed by atoms with Crippen LogP contribution in [0, 0.1) is 0 Å². The van der Waals surface area contributed by atoms with Crippen LogP contribution in [0.5, 0.6) is 0 Å². The number of carbonyl (C=O) groups excluding carboxylic acids is 1. The molecule has 1 amide bonds. The molecule has 4 nitrogen and oxygen atoms in total. The first kappa shape index (κ1) is 14.5. The predicted molar refractivity (Wildman–Crippen MR) is 77.1 cm³/mol. The zero-order chi connectivity index (χ0) is 13.8. The maximum atomic E-state index is 12.4. The van der Waals surface area contributed by atoms with Gasteiger partial charge in [0.05, 0.1) is 18.7 Å². The molecule has 1 N–H and O–H groups in total. The molecular formula is C14H22N2O2S. The van der Waals surface area contributed by atoms with E-state index in [0.717, 1.165) is 12.8 Å². The summed E-state index contributed by atoms with van der Waals surface area (Å²) in [6, 6.07) is 2.10. The van der Waals surface area contributed by atoms with Crippen LogP contribution in [-0.2, 0) is 9.53 Å². The monoisotopic (exact) mass is 282 g/mol. The van der Waals surface area contributed by atoms with Crippen molar-refractivity contribution < 1.29 is 9.53 Å². The average molecular weight is 282 g/mol. The van der Waals surface area contributed by atoms with Gasteiger partial charge >= 0.3 is 0 Å². The van der Waals surface area contributed by atoms with Crippen molar-refractivity contribution in [2.45, 2.75) is 44.9 Å². The van der Waals surface area contributed by atoms with Crippen molar-refractivity contribution in [2.75, 3.05) is 13.7 Å². The highest BCUT2D eigenvalue weighted by atomic mass is 32.1. The Bertz CT molecular complexity index is 402. The number of nitrogens with one attached hydrogen (secondary N) is 1. The molecule has 2 heterocycles.